The molecule has 3 aromatic rings. The molecule has 14 heteroatoms. The number of nitrogens with zero attached hydrogens (tertiary/aromatic N) is 4. The third-order valence-corrected chi connectivity index (χ3v) is 9.21. The molecule has 2 aromatic heterocycles. The molecule has 1 aliphatic rings. The number of aromatic amines is 1. The quantitative estimate of drug-likeness (QED) is 0.0900. The van der Waals surface area contributed by atoms with Gasteiger partial charge in [0.25, 0.3) is 0 Å². The van der Waals surface area contributed by atoms with Crippen LogP contribution in [-0.2, 0) is 35.0 Å². The van der Waals surface area contributed by atoms with E-state index < -0.39 is 0 Å². The Labute approximate surface area is 302 Å². The molecule has 1 aliphatic heterocycles. The Morgan fingerprint density at radius 3 is 2.27 bits per heavy atom. The fourth-order valence-electron chi connectivity index (χ4n) is 6.15. The van der Waals surface area contributed by atoms with Gasteiger partial charge in [-0.05, 0) is 57.9 Å². The van der Waals surface area contributed by atoms with Gasteiger partial charge in [0, 0.05) is 63.2 Å². The fourth-order valence-corrected chi connectivity index (χ4v) is 6.15. The van der Waals surface area contributed by atoms with Gasteiger partial charge in [-0.3, -0.25) is 14.5 Å². The summed E-state index contributed by atoms with van der Waals surface area (Å²) in [6.07, 6.45) is 5.95. The number of anilines is 2. The Kier molecular flexibility index (Phi) is 17.8. The molecule has 284 valence electrons. The third-order valence-electron chi connectivity index (χ3n) is 9.21. The second kappa shape index (κ2) is 22.5. The van der Waals surface area contributed by atoms with Gasteiger partial charge in [0.1, 0.15) is 28.5 Å². The lowest BCUT2D eigenvalue weighted by Gasteiger charge is -2.36. The molecule has 5 N–H and O–H groups in total. The van der Waals surface area contributed by atoms with Gasteiger partial charge in [-0.15, -0.1) is 0 Å². The first-order valence-corrected chi connectivity index (χ1v) is 18.7. The van der Waals surface area contributed by atoms with E-state index in [0.717, 1.165) is 99.0 Å². The molecule has 1 unspecified atom stereocenters. The number of aryl methyl sites for hydroxylation is 1. The van der Waals surface area contributed by atoms with Crippen molar-refractivity contribution in [1.82, 2.24) is 30.5 Å². The molecule has 51 heavy (non-hydrogen) atoms. The lowest BCUT2D eigenvalue weighted by Crippen LogP contribution is -2.47. The van der Waals surface area contributed by atoms with E-state index in [4.69, 9.17) is 29.7 Å². The van der Waals surface area contributed by atoms with E-state index in [-0.39, 0.29) is 17.7 Å². The standard InChI is InChI=1S/C37H60N8O6/c1-4-5-9-33-42-35-30-27-29(10-11-32(30)41-37(38)36(35)43-33)45-16-14-44(15-17-45)18-20-49-22-24-51-26-25-50-23-21-48-19-12-34(47)40-13-7-6-8-31(39-3)28(2)46/h10-11,27,31,39H,4-9,12-26H2,1-3H3,(H2,38,41)(H,40,47)(H,42,43). The van der Waals surface area contributed by atoms with Crippen LogP contribution in [0.25, 0.3) is 21.9 Å². The van der Waals surface area contributed by atoms with Crippen LogP contribution in [0.15, 0.2) is 18.2 Å². The molecule has 3 heterocycles. The molecule has 0 spiro atoms. The maximum atomic E-state index is 11.9. The summed E-state index contributed by atoms with van der Waals surface area (Å²) in [6.45, 7) is 13.1. The number of fused-ring (bicyclic) bond motifs is 3. The van der Waals surface area contributed by atoms with Crippen LogP contribution < -0.4 is 21.3 Å². The number of H-pyrrole nitrogens is 1. The number of likely N-dealkylation sites (N-methyl/N-ethyl adjacent to an activating group) is 1. The van der Waals surface area contributed by atoms with E-state index in [9.17, 15) is 9.59 Å². The van der Waals surface area contributed by atoms with Gasteiger partial charge >= 0.3 is 0 Å². The summed E-state index contributed by atoms with van der Waals surface area (Å²) >= 11 is 0. The van der Waals surface area contributed by atoms with Crippen LogP contribution >= 0.6 is 0 Å². The van der Waals surface area contributed by atoms with Crippen molar-refractivity contribution < 1.29 is 28.5 Å². The summed E-state index contributed by atoms with van der Waals surface area (Å²) in [4.78, 5) is 41.1. The minimum absolute atomic E-state index is 0.0273. The van der Waals surface area contributed by atoms with E-state index in [0.29, 0.717) is 71.6 Å². The number of amides is 1. The minimum atomic E-state index is -0.102. The Morgan fingerprint density at radius 2 is 1.61 bits per heavy atom. The normalized spacial score (nSPS) is 14.5. The first-order valence-electron chi connectivity index (χ1n) is 18.7. The number of imidazole rings is 1. The molecule has 0 bridgehead atoms. The Bertz CT molecular complexity index is 1480. The highest BCUT2D eigenvalue weighted by Crippen LogP contribution is 2.30. The highest BCUT2D eigenvalue weighted by Gasteiger charge is 2.19. The molecule has 14 nitrogen and oxygen atoms in total. The predicted molar refractivity (Wildman–Crippen MR) is 201 cm³/mol. The van der Waals surface area contributed by atoms with Crippen molar-refractivity contribution >= 4 is 45.1 Å². The van der Waals surface area contributed by atoms with Crippen LogP contribution in [0, 0.1) is 0 Å². The lowest BCUT2D eigenvalue weighted by molar-refractivity contribution is -0.122. The number of benzene rings is 1. The molecule has 1 fully saturated rings. The maximum Gasteiger partial charge on any atom is 0.222 e. The van der Waals surface area contributed by atoms with Crippen LogP contribution in [0.5, 0.6) is 0 Å². The molecular formula is C37H60N8O6. The van der Waals surface area contributed by atoms with Crippen molar-refractivity contribution in [3.8, 4) is 0 Å². The van der Waals surface area contributed by atoms with Crippen molar-refractivity contribution in [1.29, 1.82) is 0 Å². The number of piperazine rings is 1. The zero-order chi connectivity index (χ0) is 36.3. The average molecular weight is 713 g/mol. The lowest BCUT2D eigenvalue weighted by atomic mass is 10.1. The number of Topliss-reactive ketones (excluding diaryl/α,β-unsaturated/α-hetero) is 1. The maximum absolute atomic E-state index is 11.9. The smallest absolute Gasteiger partial charge is 0.222 e. The predicted octanol–water partition coefficient (Wildman–Crippen LogP) is 3.08. The number of hydrogen-bond acceptors (Lipinski definition) is 12. The zero-order valence-corrected chi connectivity index (χ0v) is 31.0. The van der Waals surface area contributed by atoms with E-state index >= 15 is 0 Å². The van der Waals surface area contributed by atoms with Crippen LogP contribution in [0.2, 0.25) is 0 Å². The molecule has 1 saturated heterocycles. The number of nitrogens with two attached hydrogens (primary N) is 1. The van der Waals surface area contributed by atoms with Crippen molar-refractivity contribution in [3.63, 3.8) is 0 Å². The van der Waals surface area contributed by atoms with Gasteiger partial charge in [-0.25, -0.2) is 9.97 Å². The molecule has 0 aliphatic carbocycles. The largest absolute Gasteiger partial charge is 0.382 e. The number of nitrogen functional groups attached to an aromatic ring is 1. The molecule has 1 atom stereocenters. The van der Waals surface area contributed by atoms with Crippen molar-refractivity contribution in [2.45, 2.75) is 64.8 Å². The van der Waals surface area contributed by atoms with Crippen LogP contribution in [0.1, 0.15) is 58.2 Å². The summed E-state index contributed by atoms with van der Waals surface area (Å²) in [7, 11) is 1.79. The summed E-state index contributed by atoms with van der Waals surface area (Å²) in [5.74, 6) is 1.59. The number of ether oxygens (including phenoxy) is 4. The van der Waals surface area contributed by atoms with E-state index in [1.807, 2.05) is 0 Å². The van der Waals surface area contributed by atoms with Crippen LogP contribution in [0.4, 0.5) is 11.5 Å². The van der Waals surface area contributed by atoms with E-state index in [1.54, 1.807) is 14.0 Å². The number of carbonyl (C=O) groups excluding carboxylic acids is 2. The monoisotopic (exact) mass is 712 g/mol. The van der Waals surface area contributed by atoms with Crippen molar-refractivity contribution in [2.75, 3.05) is 110 Å². The van der Waals surface area contributed by atoms with Crippen molar-refractivity contribution in [2.24, 2.45) is 0 Å². The number of carbonyl (C=O) groups is 2. The third kappa shape index (κ3) is 13.6. The van der Waals surface area contributed by atoms with Crippen LogP contribution in [0.3, 0.4) is 0 Å². The Balaban J connectivity index is 0.965. The molecular weight excluding hydrogens is 652 g/mol. The SMILES string of the molecule is CCCCc1nc2c([nH]1)c(N)nc1ccc(N3CCN(CCOCCOCCOCCOCCC(=O)NCCCCC(NC)C(C)=O)CC3)cc12. The number of pyridine rings is 1. The summed E-state index contributed by atoms with van der Waals surface area (Å²) < 4.78 is 22.5. The second-order valence-electron chi connectivity index (χ2n) is 13.0. The summed E-state index contributed by atoms with van der Waals surface area (Å²) in [5.41, 5.74) is 10.1. The number of nitrogens with one attached hydrogen (secondary N) is 3. The number of aromatic nitrogens is 3. The minimum Gasteiger partial charge on any atom is -0.382 e. The molecule has 0 saturated carbocycles. The molecule has 1 aromatic carbocycles. The number of rotatable bonds is 26. The highest BCUT2D eigenvalue weighted by atomic mass is 16.6. The number of ketones is 1. The second-order valence-corrected chi connectivity index (χ2v) is 13.0. The van der Waals surface area contributed by atoms with Gasteiger partial charge in [0.2, 0.25) is 5.91 Å². The van der Waals surface area contributed by atoms with Gasteiger partial charge in [-0.2, -0.15) is 0 Å². The molecule has 1 amide bonds. The van der Waals surface area contributed by atoms with Gasteiger partial charge in [0.05, 0.1) is 64.4 Å². The number of hydrogen-bond donors (Lipinski definition) is 4. The van der Waals surface area contributed by atoms with E-state index in [2.05, 4.69) is 55.5 Å². The van der Waals surface area contributed by atoms with Crippen molar-refractivity contribution in [3.05, 3.63) is 24.0 Å². The topological polar surface area (TPSA) is 169 Å². The molecule has 0 radical (unpaired) electrons. The Hall–Kier alpha value is -3.40. The summed E-state index contributed by atoms with van der Waals surface area (Å²) in [5, 5.41) is 6.94. The first-order chi connectivity index (χ1) is 24.9. The summed E-state index contributed by atoms with van der Waals surface area (Å²) in [6, 6.07) is 6.30. The number of unbranched alkanes of at least 4 members (excludes halogenated alkanes) is 2. The van der Waals surface area contributed by atoms with Crippen LogP contribution in [-0.4, -0.2) is 137 Å². The Morgan fingerprint density at radius 1 is 0.922 bits per heavy atom. The first kappa shape index (κ1) is 40.4. The average Bonchev–Trinajstić information content (AvgIpc) is 3.58. The zero-order valence-electron chi connectivity index (χ0n) is 31.0. The van der Waals surface area contributed by atoms with Gasteiger partial charge in [-0.1, -0.05) is 13.3 Å². The van der Waals surface area contributed by atoms with E-state index in [1.165, 1.54) is 5.69 Å². The van der Waals surface area contributed by atoms with Gasteiger partial charge in [0.15, 0.2) is 0 Å². The van der Waals surface area contributed by atoms with Gasteiger partial charge < -0.3 is 45.2 Å². The fraction of sp³-hybridized carbons (Fsp3) is 0.676. The molecule has 4 rings (SSSR count). The highest BCUT2D eigenvalue weighted by molar-refractivity contribution is 6.07.